The third-order valence-corrected chi connectivity index (χ3v) is 5.79. The van der Waals surface area contributed by atoms with Crippen LogP contribution in [-0.4, -0.2) is 76.6 Å². The molecule has 3 rings (SSSR count). The Bertz CT molecular complexity index is 813. The van der Waals surface area contributed by atoms with Crippen molar-refractivity contribution in [3.05, 3.63) is 47.6 Å². The third kappa shape index (κ3) is 6.59. The van der Waals surface area contributed by atoms with E-state index in [1.807, 2.05) is 50.9 Å². The largest absolute Gasteiger partial charge is 0.371 e. The molecule has 1 saturated heterocycles. The van der Waals surface area contributed by atoms with E-state index >= 15 is 0 Å². The highest BCUT2D eigenvalue weighted by atomic mass is 16.5. The molecule has 0 unspecified atom stereocenters. The zero-order valence-electron chi connectivity index (χ0n) is 19.2. The summed E-state index contributed by atoms with van der Waals surface area (Å²) in [5.74, 6) is 1.36. The molecule has 1 aliphatic heterocycles. The Morgan fingerprint density at radius 3 is 2.71 bits per heavy atom. The van der Waals surface area contributed by atoms with Gasteiger partial charge in [0.2, 0.25) is 11.8 Å². The van der Waals surface area contributed by atoms with Crippen LogP contribution in [0.25, 0.3) is 0 Å². The van der Waals surface area contributed by atoms with E-state index in [2.05, 4.69) is 32.1 Å². The van der Waals surface area contributed by atoms with Crippen molar-refractivity contribution in [2.24, 2.45) is 0 Å². The van der Waals surface area contributed by atoms with Crippen LogP contribution in [0.5, 0.6) is 0 Å². The lowest BCUT2D eigenvalue weighted by Crippen LogP contribution is -2.46. The fourth-order valence-electron chi connectivity index (χ4n) is 3.96. The molecule has 0 bridgehead atoms. The van der Waals surface area contributed by atoms with Crippen molar-refractivity contribution in [2.75, 3.05) is 39.8 Å². The second-order valence-electron chi connectivity index (χ2n) is 8.17. The van der Waals surface area contributed by atoms with Crippen LogP contribution in [0.2, 0.25) is 0 Å². The van der Waals surface area contributed by atoms with E-state index in [1.54, 1.807) is 0 Å². The van der Waals surface area contributed by atoms with E-state index in [9.17, 15) is 4.79 Å². The minimum atomic E-state index is -0.165. The van der Waals surface area contributed by atoms with Crippen molar-refractivity contribution < 1.29 is 14.1 Å². The van der Waals surface area contributed by atoms with E-state index in [-0.39, 0.29) is 18.1 Å². The number of benzene rings is 1. The van der Waals surface area contributed by atoms with E-state index < -0.39 is 0 Å². The van der Waals surface area contributed by atoms with Crippen molar-refractivity contribution >= 4 is 5.91 Å². The molecule has 0 radical (unpaired) electrons. The van der Waals surface area contributed by atoms with Gasteiger partial charge in [0.1, 0.15) is 6.10 Å². The molecule has 170 valence electrons. The van der Waals surface area contributed by atoms with Crippen LogP contribution in [0.4, 0.5) is 0 Å². The number of carbonyl (C=O) groups is 1. The van der Waals surface area contributed by atoms with Gasteiger partial charge in [-0.25, -0.2) is 0 Å². The van der Waals surface area contributed by atoms with Gasteiger partial charge >= 0.3 is 0 Å². The van der Waals surface area contributed by atoms with Gasteiger partial charge in [-0.1, -0.05) is 35.5 Å². The minimum absolute atomic E-state index is 0.143. The summed E-state index contributed by atoms with van der Waals surface area (Å²) in [4.78, 5) is 23.9. The Morgan fingerprint density at radius 1 is 1.19 bits per heavy atom. The normalized spacial score (nSPS) is 17.8. The minimum Gasteiger partial charge on any atom is -0.371 e. The van der Waals surface area contributed by atoms with E-state index in [1.165, 1.54) is 0 Å². The van der Waals surface area contributed by atoms with Gasteiger partial charge < -0.3 is 14.2 Å². The molecule has 31 heavy (non-hydrogen) atoms. The van der Waals surface area contributed by atoms with Gasteiger partial charge in [-0.15, -0.1) is 0 Å². The van der Waals surface area contributed by atoms with Crippen LogP contribution in [0.15, 0.2) is 34.9 Å². The van der Waals surface area contributed by atoms with Crippen LogP contribution >= 0.6 is 0 Å². The van der Waals surface area contributed by atoms with Crippen LogP contribution in [0, 0.1) is 0 Å². The van der Waals surface area contributed by atoms with E-state index in [0.717, 1.165) is 38.2 Å². The predicted octanol–water partition coefficient (Wildman–Crippen LogP) is 2.72. The maximum absolute atomic E-state index is 13.0. The van der Waals surface area contributed by atoms with Crippen LogP contribution < -0.4 is 0 Å². The summed E-state index contributed by atoms with van der Waals surface area (Å²) in [5.41, 5.74) is 1.14. The number of aromatic nitrogens is 2. The molecule has 1 fully saturated rings. The summed E-state index contributed by atoms with van der Waals surface area (Å²) in [6.07, 6.45) is 0.831. The summed E-state index contributed by atoms with van der Waals surface area (Å²) in [5, 5.41) is 4.05. The van der Waals surface area contributed by atoms with Crippen molar-refractivity contribution in [1.82, 2.24) is 24.8 Å². The van der Waals surface area contributed by atoms with Crippen molar-refractivity contribution in [3.63, 3.8) is 0 Å². The average Bonchev–Trinajstić information content (AvgIpc) is 3.11. The predicted molar refractivity (Wildman–Crippen MR) is 118 cm³/mol. The Morgan fingerprint density at radius 2 is 1.97 bits per heavy atom. The zero-order chi connectivity index (χ0) is 22.2. The zero-order valence-corrected chi connectivity index (χ0v) is 19.2. The molecule has 2 atom stereocenters. The summed E-state index contributed by atoms with van der Waals surface area (Å²) in [7, 11) is 1.88. The van der Waals surface area contributed by atoms with Gasteiger partial charge in [-0.2, -0.15) is 4.98 Å². The summed E-state index contributed by atoms with van der Waals surface area (Å²) in [6.45, 7) is 11.3. The number of nitrogens with zero attached hydrogens (tertiary/aromatic N) is 5. The second kappa shape index (κ2) is 11.4. The molecule has 0 aliphatic carbocycles. The molecule has 0 N–H and O–H groups in total. The smallest absolute Gasteiger partial charge is 0.240 e. The molecule has 0 saturated carbocycles. The number of amides is 1. The molecule has 2 aromatic rings. The third-order valence-electron chi connectivity index (χ3n) is 5.79. The lowest BCUT2D eigenvalue weighted by molar-refractivity contribution is -0.135. The van der Waals surface area contributed by atoms with Gasteiger partial charge in [-0.3, -0.25) is 14.6 Å². The van der Waals surface area contributed by atoms with Crippen molar-refractivity contribution in [2.45, 2.75) is 52.4 Å². The highest BCUT2D eigenvalue weighted by molar-refractivity contribution is 5.81. The lowest BCUT2D eigenvalue weighted by Gasteiger charge is -2.30. The Kier molecular flexibility index (Phi) is 8.57. The number of hydrogen-bond donors (Lipinski definition) is 0. The number of ether oxygens (including phenoxy) is 1. The molecule has 1 aromatic carbocycles. The standard InChI is InChI=1S/C23H35N5O3/c1-5-30-19(3)22-24-21(31-25-22)17-27-12-9-13-28(15-14-27)18(2)23(29)26(4)16-20-10-7-6-8-11-20/h6-8,10-11,18-19H,5,9,12-17H2,1-4H3/t18-,19+/m1/s1. The molecule has 1 aromatic heterocycles. The first-order valence-corrected chi connectivity index (χ1v) is 11.2. The van der Waals surface area contributed by atoms with Gasteiger partial charge in [0.15, 0.2) is 5.82 Å². The number of likely N-dealkylation sites (N-methyl/N-ethyl adjacent to an activating group) is 1. The van der Waals surface area contributed by atoms with Gasteiger partial charge in [0.05, 0.1) is 12.6 Å². The van der Waals surface area contributed by atoms with E-state index in [0.29, 0.717) is 31.4 Å². The van der Waals surface area contributed by atoms with Crippen LogP contribution in [-0.2, 0) is 22.6 Å². The Balaban J connectivity index is 1.50. The highest BCUT2D eigenvalue weighted by Gasteiger charge is 2.27. The highest BCUT2D eigenvalue weighted by Crippen LogP contribution is 2.16. The SMILES string of the molecule is CCO[C@@H](C)c1noc(CN2CCCN([C@H](C)C(=O)N(C)Cc3ccccc3)CC2)n1. The summed E-state index contributed by atoms with van der Waals surface area (Å²) >= 11 is 0. The van der Waals surface area contributed by atoms with E-state index in [4.69, 9.17) is 9.26 Å². The maximum atomic E-state index is 13.0. The molecule has 8 heteroatoms. The number of hydrogen-bond acceptors (Lipinski definition) is 7. The van der Waals surface area contributed by atoms with Crippen LogP contribution in [0.3, 0.4) is 0 Å². The first kappa shape index (κ1) is 23.4. The van der Waals surface area contributed by atoms with Crippen molar-refractivity contribution in [3.8, 4) is 0 Å². The molecular formula is C23H35N5O3. The Labute approximate surface area is 185 Å². The fraction of sp³-hybridized carbons (Fsp3) is 0.609. The topological polar surface area (TPSA) is 74.9 Å². The fourth-order valence-corrected chi connectivity index (χ4v) is 3.96. The first-order valence-electron chi connectivity index (χ1n) is 11.2. The van der Waals surface area contributed by atoms with Gasteiger partial charge in [0.25, 0.3) is 0 Å². The summed E-state index contributed by atoms with van der Waals surface area (Å²) < 4.78 is 10.9. The Hall–Kier alpha value is -2.29. The molecule has 1 aliphatic rings. The summed E-state index contributed by atoms with van der Waals surface area (Å²) in [6, 6.07) is 9.96. The van der Waals surface area contributed by atoms with Crippen molar-refractivity contribution in [1.29, 1.82) is 0 Å². The number of carbonyl (C=O) groups excluding carboxylic acids is 1. The molecule has 0 spiro atoms. The molecule has 1 amide bonds. The van der Waals surface area contributed by atoms with Crippen LogP contribution in [0.1, 0.15) is 50.6 Å². The monoisotopic (exact) mass is 429 g/mol. The van der Waals surface area contributed by atoms with Gasteiger partial charge in [0, 0.05) is 39.8 Å². The molecular weight excluding hydrogens is 394 g/mol. The maximum Gasteiger partial charge on any atom is 0.240 e. The first-order chi connectivity index (χ1) is 15.0. The lowest BCUT2D eigenvalue weighted by atomic mass is 10.2. The second-order valence-corrected chi connectivity index (χ2v) is 8.17. The number of rotatable bonds is 9. The average molecular weight is 430 g/mol. The molecule has 8 nitrogen and oxygen atoms in total. The quantitative estimate of drug-likeness (QED) is 0.607. The van der Waals surface area contributed by atoms with Gasteiger partial charge in [-0.05, 0) is 39.3 Å². The molecule has 2 heterocycles.